The molecule has 0 aromatic heterocycles. The Balaban J connectivity index is 1.45. The maximum absolute atomic E-state index is 12.4. The van der Waals surface area contributed by atoms with Gasteiger partial charge in [0.25, 0.3) is 0 Å². The molecule has 2 amide bonds. The number of piperazine rings is 1. The maximum Gasteiger partial charge on any atom is 0.317 e. The van der Waals surface area contributed by atoms with E-state index in [-0.39, 0.29) is 6.03 Å². The third kappa shape index (κ3) is 5.01. The number of benzene rings is 2. The highest BCUT2D eigenvalue weighted by atomic mass is 35.5. The van der Waals surface area contributed by atoms with Gasteiger partial charge in [-0.05, 0) is 42.3 Å². The molecule has 1 aliphatic rings. The van der Waals surface area contributed by atoms with Crippen molar-refractivity contribution in [1.82, 2.24) is 10.2 Å². The average Bonchev–Trinajstić information content (AvgIpc) is 2.73. The summed E-state index contributed by atoms with van der Waals surface area (Å²) < 4.78 is 10.6. The first-order valence-electron chi connectivity index (χ1n) is 9.35. The summed E-state index contributed by atoms with van der Waals surface area (Å²) in [6.07, 6.45) is 0.731. The van der Waals surface area contributed by atoms with Gasteiger partial charge in [-0.25, -0.2) is 4.79 Å². The maximum atomic E-state index is 12.4. The molecule has 3 rings (SSSR count). The van der Waals surface area contributed by atoms with E-state index < -0.39 is 0 Å². The average molecular weight is 404 g/mol. The molecule has 1 fully saturated rings. The Kier molecular flexibility index (Phi) is 6.87. The summed E-state index contributed by atoms with van der Waals surface area (Å²) in [6.45, 7) is 3.54. The number of ether oxygens (including phenoxy) is 2. The SMILES string of the molecule is COc1ccc(CCNC(=O)N2CCN(c3cccc(Cl)c3)CC2)cc1OC. The molecule has 1 aliphatic heterocycles. The van der Waals surface area contributed by atoms with Gasteiger partial charge in [-0.15, -0.1) is 0 Å². The van der Waals surface area contributed by atoms with E-state index in [9.17, 15) is 4.79 Å². The van der Waals surface area contributed by atoms with Gasteiger partial charge in [-0.3, -0.25) is 0 Å². The number of halogens is 1. The standard InChI is InChI=1S/C21H26ClN3O3/c1-27-19-7-6-16(14-20(19)28-2)8-9-23-21(26)25-12-10-24(11-13-25)18-5-3-4-17(22)15-18/h3-7,14-15H,8-13H2,1-2H3,(H,23,26). The van der Waals surface area contributed by atoms with E-state index in [0.717, 1.165) is 35.8 Å². The van der Waals surface area contributed by atoms with E-state index in [2.05, 4.69) is 10.2 Å². The summed E-state index contributed by atoms with van der Waals surface area (Å²) in [6, 6.07) is 13.6. The second-order valence-electron chi connectivity index (χ2n) is 6.63. The summed E-state index contributed by atoms with van der Waals surface area (Å²) in [7, 11) is 3.23. The molecule has 0 spiro atoms. The van der Waals surface area contributed by atoms with Crippen molar-refractivity contribution in [1.29, 1.82) is 0 Å². The van der Waals surface area contributed by atoms with Crippen molar-refractivity contribution in [2.24, 2.45) is 0 Å². The molecule has 1 saturated heterocycles. The molecule has 0 atom stereocenters. The van der Waals surface area contributed by atoms with Gasteiger partial charge in [0.2, 0.25) is 0 Å². The van der Waals surface area contributed by atoms with Crippen molar-refractivity contribution < 1.29 is 14.3 Å². The first-order valence-corrected chi connectivity index (χ1v) is 9.72. The van der Waals surface area contributed by atoms with E-state index in [1.165, 1.54) is 0 Å². The van der Waals surface area contributed by atoms with Crippen LogP contribution in [0.2, 0.25) is 5.02 Å². The quantitative estimate of drug-likeness (QED) is 0.802. The fraction of sp³-hybridized carbons (Fsp3) is 0.381. The summed E-state index contributed by atoms with van der Waals surface area (Å²) in [4.78, 5) is 16.5. The van der Waals surface area contributed by atoms with Crippen LogP contribution in [0.25, 0.3) is 0 Å². The number of methoxy groups -OCH3 is 2. The molecule has 0 radical (unpaired) electrons. The van der Waals surface area contributed by atoms with Crippen LogP contribution in [0.5, 0.6) is 11.5 Å². The Labute approximate surface area is 171 Å². The molecule has 7 heteroatoms. The molecule has 1 N–H and O–H groups in total. The lowest BCUT2D eigenvalue weighted by molar-refractivity contribution is 0.194. The molecule has 6 nitrogen and oxygen atoms in total. The Morgan fingerprint density at radius 1 is 1.04 bits per heavy atom. The third-order valence-corrected chi connectivity index (χ3v) is 5.11. The van der Waals surface area contributed by atoms with Crippen molar-refractivity contribution in [3.05, 3.63) is 53.1 Å². The largest absolute Gasteiger partial charge is 0.493 e. The van der Waals surface area contributed by atoms with Crippen LogP contribution in [0.3, 0.4) is 0 Å². The van der Waals surface area contributed by atoms with Crippen LogP contribution in [0, 0.1) is 0 Å². The van der Waals surface area contributed by atoms with Gasteiger partial charge >= 0.3 is 6.03 Å². The normalized spacial score (nSPS) is 14.0. The molecule has 0 saturated carbocycles. The number of urea groups is 1. The molecule has 0 aliphatic carbocycles. The summed E-state index contributed by atoms with van der Waals surface area (Å²) in [5.41, 5.74) is 2.18. The highest BCUT2D eigenvalue weighted by Crippen LogP contribution is 2.27. The van der Waals surface area contributed by atoms with E-state index in [1.807, 2.05) is 47.4 Å². The van der Waals surface area contributed by atoms with Crippen LogP contribution < -0.4 is 19.7 Å². The van der Waals surface area contributed by atoms with Gasteiger partial charge < -0.3 is 24.6 Å². The minimum Gasteiger partial charge on any atom is -0.493 e. The van der Waals surface area contributed by atoms with Crippen LogP contribution in [0.1, 0.15) is 5.56 Å². The minimum atomic E-state index is -0.0220. The summed E-state index contributed by atoms with van der Waals surface area (Å²) >= 11 is 6.07. The van der Waals surface area contributed by atoms with Gasteiger partial charge in [0.15, 0.2) is 11.5 Å². The number of anilines is 1. The first-order chi connectivity index (χ1) is 13.6. The number of carbonyl (C=O) groups is 1. The number of nitrogens with zero attached hydrogens (tertiary/aromatic N) is 2. The number of hydrogen-bond acceptors (Lipinski definition) is 4. The molecule has 150 valence electrons. The summed E-state index contributed by atoms with van der Waals surface area (Å²) in [5, 5.41) is 3.74. The second kappa shape index (κ2) is 9.55. The van der Waals surface area contributed by atoms with Gasteiger partial charge in [-0.2, -0.15) is 0 Å². The smallest absolute Gasteiger partial charge is 0.317 e. The molecule has 0 unspecified atom stereocenters. The molecular formula is C21H26ClN3O3. The first kappa shape index (κ1) is 20.1. The number of carbonyl (C=O) groups excluding carboxylic acids is 1. The highest BCUT2D eigenvalue weighted by molar-refractivity contribution is 6.30. The van der Waals surface area contributed by atoms with Gasteiger partial charge in [0, 0.05) is 43.4 Å². The van der Waals surface area contributed by atoms with Crippen molar-refractivity contribution in [2.75, 3.05) is 51.8 Å². The van der Waals surface area contributed by atoms with Crippen LogP contribution in [0.4, 0.5) is 10.5 Å². The van der Waals surface area contributed by atoms with E-state index in [1.54, 1.807) is 14.2 Å². The number of hydrogen-bond donors (Lipinski definition) is 1. The monoisotopic (exact) mass is 403 g/mol. The van der Waals surface area contributed by atoms with Crippen molar-refractivity contribution in [3.63, 3.8) is 0 Å². The molecule has 0 bridgehead atoms. The molecular weight excluding hydrogens is 378 g/mol. The lowest BCUT2D eigenvalue weighted by atomic mass is 10.1. The fourth-order valence-electron chi connectivity index (χ4n) is 3.30. The Bertz CT molecular complexity index is 807. The molecule has 1 heterocycles. The lowest BCUT2D eigenvalue weighted by Gasteiger charge is -2.36. The van der Waals surface area contributed by atoms with Gasteiger partial charge in [-0.1, -0.05) is 23.7 Å². The van der Waals surface area contributed by atoms with Crippen molar-refractivity contribution >= 4 is 23.3 Å². The predicted molar refractivity (Wildman–Crippen MR) is 112 cm³/mol. The predicted octanol–water partition coefficient (Wildman–Crippen LogP) is 3.43. The highest BCUT2D eigenvalue weighted by Gasteiger charge is 2.21. The Hall–Kier alpha value is -2.60. The second-order valence-corrected chi connectivity index (χ2v) is 7.06. The Morgan fingerprint density at radius 3 is 2.46 bits per heavy atom. The van der Waals surface area contributed by atoms with Crippen LogP contribution in [-0.4, -0.2) is 57.9 Å². The van der Waals surface area contributed by atoms with Crippen LogP contribution in [0.15, 0.2) is 42.5 Å². The molecule has 28 heavy (non-hydrogen) atoms. The van der Waals surface area contributed by atoms with Gasteiger partial charge in [0.05, 0.1) is 14.2 Å². The number of nitrogens with one attached hydrogen (secondary N) is 1. The molecule has 2 aromatic carbocycles. The topological polar surface area (TPSA) is 54.0 Å². The minimum absolute atomic E-state index is 0.0220. The lowest BCUT2D eigenvalue weighted by Crippen LogP contribution is -2.52. The number of amides is 2. The van der Waals surface area contributed by atoms with Crippen LogP contribution in [-0.2, 0) is 6.42 Å². The van der Waals surface area contributed by atoms with Crippen molar-refractivity contribution in [3.8, 4) is 11.5 Å². The van der Waals surface area contributed by atoms with E-state index >= 15 is 0 Å². The number of rotatable bonds is 6. The summed E-state index contributed by atoms with van der Waals surface area (Å²) in [5.74, 6) is 1.40. The molecule has 2 aromatic rings. The zero-order chi connectivity index (χ0) is 19.9. The zero-order valence-electron chi connectivity index (χ0n) is 16.3. The zero-order valence-corrected chi connectivity index (χ0v) is 17.0. The van der Waals surface area contributed by atoms with Crippen LogP contribution >= 0.6 is 11.6 Å². The fourth-order valence-corrected chi connectivity index (χ4v) is 3.49. The van der Waals surface area contributed by atoms with E-state index in [4.69, 9.17) is 21.1 Å². The van der Waals surface area contributed by atoms with Gasteiger partial charge in [0.1, 0.15) is 0 Å². The third-order valence-electron chi connectivity index (χ3n) is 4.88. The van der Waals surface area contributed by atoms with E-state index in [0.29, 0.717) is 31.1 Å². The van der Waals surface area contributed by atoms with Crippen molar-refractivity contribution in [2.45, 2.75) is 6.42 Å². The Morgan fingerprint density at radius 2 is 1.79 bits per heavy atom.